The molecule has 0 aromatic rings. The zero-order valence-corrected chi connectivity index (χ0v) is 38.2. The molecule has 3 heterocycles. The zero-order valence-electron chi connectivity index (χ0n) is 38.2. The van der Waals surface area contributed by atoms with Crippen molar-refractivity contribution < 1.29 is 77.5 Å². The molecule has 0 saturated carbocycles. The van der Waals surface area contributed by atoms with E-state index in [-0.39, 0.29) is 38.7 Å². The standard InChI is InChI=1S/C43H75NO16/c1-15-29-43(11,52)36(48)24(5)33(47)22(3)20-41(9,51)38(25(6)34(26(7)39(50)57-29)59-32-21-42(10,53-14)37(49)27(8)56-32)60-40-35(28(44(12)13)19-23(4)55-40)58-31(46)18-17-30(45)54-16-2/h22-29,32,34-38,40,48-49,51-52H,15-21H2,1-14H3/t22-,23+,24+,25+,26-,27+,28-,29-,32+,34+,35+,36-,37+,38-,40-,41-,42-,43-/m1/s1. The normalized spacial score (nSPS) is 43.8. The molecule has 0 aromatic carbocycles. The Labute approximate surface area is 356 Å². The van der Waals surface area contributed by atoms with E-state index in [4.69, 9.17) is 37.9 Å². The highest BCUT2D eigenvalue weighted by Gasteiger charge is 2.54. The molecule has 17 nitrogen and oxygen atoms in total. The van der Waals surface area contributed by atoms with Crippen molar-refractivity contribution in [2.24, 2.45) is 23.7 Å². The minimum atomic E-state index is -2.04. The summed E-state index contributed by atoms with van der Waals surface area (Å²) >= 11 is 0. The topological polar surface area (TPSA) is 226 Å². The van der Waals surface area contributed by atoms with Gasteiger partial charge in [0.15, 0.2) is 18.7 Å². The number of hydrogen-bond donors (Lipinski definition) is 4. The van der Waals surface area contributed by atoms with E-state index in [2.05, 4.69) is 0 Å². The maximum Gasteiger partial charge on any atom is 0.311 e. The van der Waals surface area contributed by atoms with Crippen LogP contribution < -0.4 is 0 Å². The summed E-state index contributed by atoms with van der Waals surface area (Å²) in [7, 11) is 5.09. The molecule has 60 heavy (non-hydrogen) atoms. The zero-order chi connectivity index (χ0) is 45.7. The van der Waals surface area contributed by atoms with Crippen LogP contribution in [0.4, 0.5) is 0 Å². The van der Waals surface area contributed by atoms with Gasteiger partial charge in [-0.2, -0.15) is 0 Å². The first-order chi connectivity index (χ1) is 27.8. The number of aliphatic hydroxyl groups excluding tert-OH is 2. The van der Waals surface area contributed by atoms with Gasteiger partial charge in [-0.05, 0) is 81.8 Å². The lowest BCUT2D eigenvalue weighted by atomic mass is 9.74. The second-order valence-corrected chi connectivity index (χ2v) is 18.2. The lowest BCUT2D eigenvalue weighted by Crippen LogP contribution is -2.61. The lowest BCUT2D eigenvalue weighted by Gasteiger charge is -2.49. The summed E-state index contributed by atoms with van der Waals surface area (Å²) in [4.78, 5) is 55.6. The summed E-state index contributed by atoms with van der Waals surface area (Å²) in [5, 5.41) is 46.8. The Morgan fingerprint density at radius 3 is 2.03 bits per heavy atom. The van der Waals surface area contributed by atoms with Gasteiger partial charge in [-0.25, -0.2) is 0 Å². The molecule has 3 aliphatic heterocycles. The van der Waals surface area contributed by atoms with Crippen molar-refractivity contribution in [1.29, 1.82) is 0 Å². The van der Waals surface area contributed by atoms with Crippen LogP contribution in [0, 0.1) is 23.7 Å². The van der Waals surface area contributed by atoms with Gasteiger partial charge in [0.25, 0.3) is 0 Å². The maximum atomic E-state index is 14.3. The number of hydrogen-bond acceptors (Lipinski definition) is 17. The van der Waals surface area contributed by atoms with Gasteiger partial charge in [0.05, 0.1) is 73.1 Å². The third-order valence-electron chi connectivity index (χ3n) is 12.9. The van der Waals surface area contributed by atoms with Gasteiger partial charge in [-0.1, -0.05) is 27.7 Å². The molecule has 17 heteroatoms. The van der Waals surface area contributed by atoms with E-state index in [1.54, 1.807) is 48.5 Å². The van der Waals surface area contributed by atoms with Gasteiger partial charge in [-0.3, -0.25) is 19.2 Å². The highest BCUT2D eigenvalue weighted by molar-refractivity contribution is 5.83. The Morgan fingerprint density at radius 2 is 1.47 bits per heavy atom. The molecule has 0 bridgehead atoms. The minimum absolute atomic E-state index is 0.0431. The number of Topliss-reactive ketones (excluding diaryl/α,β-unsaturated/α-hetero) is 1. The van der Waals surface area contributed by atoms with Crippen molar-refractivity contribution in [3.8, 4) is 0 Å². The molecule has 3 rings (SSSR count). The van der Waals surface area contributed by atoms with Gasteiger partial charge in [0, 0.05) is 31.3 Å². The Morgan fingerprint density at radius 1 is 0.850 bits per heavy atom. The highest BCUT2D eigenvalue weighted by Crippen LogP contribution is 2.41. The van der Waals surface area contributed by atoms with Crippen LogP contribution in [-0.2, 0) is 57.1 Å². The SMILES string of the molecule is CCOC(=O)CCC(=O)O[C@@H]1[C@@H](O[C@@H]2[C@@H](C)[C@H](O[C@H]3C[C@@](C)(OC)[C@@H](O)[C@H](C)O3)[C@@H](C)C(=O)O[C@H](CC)[C@@](C)(O)[C@H](O)[C@@H](C)C(=O)[C@H](C)C[C@@]2(C)O)O[C@@H](C)C[C@H]1N(C)C. The highest BCUT2D eigenvalue weighted by atomic mass is 16.7. The quantitative estimate of drug-likeness (QED) is 0.163. The predicted octanol–water partition coefficient (Wildman–Crippen LogP) is 2.68. The van der Waals surface area contributed by atoms with Crippen molar-refractivity contribution >= 4 is 23.7 Å². The molecule has 3 aliphatic rings. The van der Waals surface area contributed by atoms with Gasteiger partial charge < -0.3 is 63.2 Å². The number of carbonyl (C=O) groups excluding carboxylic acids is 4. The van der Waals surface area contributed by atoms with Crippen molar-refractivity contribution in [2.75, 3.05) is 27.8 Å². The maximum absolute atomic E-state index is 14.3. The number of cyclic esters (lactones) is 1. The second kappa shape index (κ2) is 21.4. The predicted molar refractivity (Wildman–Crippen MR) is 216 cm³/mol. The smallest absolute Gasteiger partial charge is 0.311 e. The first-order valence-electron chi connectivity index (χ1n) is 21.5. The molecular weight excluding hydrogens is 786 g/mol. The molecule has 348 valence electrons. The summed E-state index contributed by atoms with van der Waals surface area (Å²) in [5.41, 5.74) is -5.06. The number of rotatable bonds is 12. The fraction of sp³-hybridized carbons (Fsp3) is 0.907. The summed E-state index contributed by atoms with van der Waals surface area (Å²) in [6, 6.07) is -0.443. The van der Waals surface area contributed by atoms with Crippen molar-refractivity contribution in [3.63, 3.8) is 0 Å². The number of esters is 3. The number of ketones is 1. The Bertz CT molecular complexity index is 1440. The van der Waals surface area contributed by atoms with Crippen LogP contribution in [0.3, 0.4) is 0 Å². The Balaban J connectivity index is 2.22. The molecular formula is C43H75NO16. The summed E-state index contributed by atoms with van der Waals surface area (Å²) in [6.45, 7) is 17.9. The summed E-state index contributed by atoms with van der Waals surface area (Å²) in [5.74, 6) is -6.64. The Kier molecular flexibility index (Phi) is 18.5. The van der Waals surface area contributed by atoms with E-state index in [1.165, 1.54) is 27.9 Å². The largest absolute Gasteiger partial charge is 0.466 e. The van der Waals surface area contributed by atoms with E-state index in [9.17, 15) is 39.6 Å². The van der Waals surface area contributed by atoms with Crippen LogP contribution in [0.1, 0.15) is 115 Å². The number of carbonyl (C=O) groups is 4. The van der Waals surface area contributed by atoms with Gasteiger partial charge >= 0.3 is 17.9 Å². The molecule has 0 amide bonds. The average Bonchev–Trinajstić information content (AvgIpc) is 3.17. The van der Waals surface area contributed by atoms with Crippen molar-refractivity contribution in [3.05, 3.63) is 0 Å². The van der Waals surface area contributed by atoms with Crippen molar-refractivity contribution in [1.82, 2.24) is 4.90 Å². The monoisotopic (exact) mass is 862 g/mol. The van der Waals surface area contributed by atoms with Crippen LogP contribution in [0.15, 0.2) is 0 Å². The van der Waals surface area contributed by atoms with Crippen LogP contribution >= 0.6 is 0 Å². The number of nitrogens with zero attached hydrogens (tertiary/aromatic N) is 1. The summed E-state index contributed by atoms with van der Waals surface area (Å²) in [6.07, 6.45) is -11.1. The molecule has 18 atom stereocenters. The number of ether oxygens (including phenoxy) is 8. The summed E-state index contributed by atoms with van der Waals surface area (Å²) < 4.78 is 48.8. The third kappa shape index (κ3) is 12.2. The molecule has 4 N–H and O–H groups in total. The molecule has 0 radical (unpaired) electrons. The number of methoxy groups -OCH3 is 1. The van der Waals surface area contributed by atoms with E-state index in [0.29, 0.717) is 6.42 Å². The second-order valence-electron chi connectivity index (χ2n) is 18.2. The van der Waals surface area contributed by atoms with Crippen molar-refractivity contribution in [2.45, 2.75) is 199 Å². The minimum Gasteiger partial charge on any atom is -0.466 e. The molecule has 0 spiro atoms. The molecule has 3 saturated heterocycles. The first-order valence-corrected chi connectivity index (χ1v) is 21.5. The van der Waals surface area contributed by atoms with Crippen LogP contribution in [0.2, 0.25) is 0 Å². The van der Waals surface area contributed by atoms with E-state index in [0.717, 1.165) is 0 Å². The fourth-order valence-corrected chi connectivity index (χ4v) is 9.17. The van der Waals surface area contributed by atoms with Gasteiger partial charge in [0.2, 0.25) is 0 Å². The van der Waals surface area contributed by atoms with E-state index in [1.807, 2.05) is 25.9 Å². The van der Waals surface area contributed by atoms with E-state index >= 15 is 0 Å². The average molecular weight is 862 g/mol. The third-order valence-corrected chi connectivity index (χ3v) is 12.9. The molecule has 3 fully saturated rings. The van der Waals surface area contributed by atoms with Crippen LogP contribution in [0.25, 0.3) is 0 Å². The first kappa shape index (κ1) is 52.0. The number of likely N-dealkylation sites (N-methyl/N-ethyl adjacent to an activating group) is 1. The van der Waals surface area contributed by atoms with E-state index < -0.39 is 132 Å². The number of aliphatic hydroxyl groups is 4. The molecule has 0 aromatic heterocycles. The van der Waals surface area contributed by atoms with Crippen LogP contribution in [-0.4, -0.2) is 161 Å². The molecule has 0 aliphatic carbocycles. The Hall–Kier alpha value is -2.32. The fourth-order valence-electron chi connectivity index (χ4n) is 9.17. The van der Waals surface area contributed by atoms with Gasteiger partial charge in [-0.15, -0.1) is 0 Å². The van der Waals surface area contributed by atoms with Crippen LogP contribution in [0.5, 0.6) is 0 Å². The lowest BCUT2D eigenvalue weighted by molar-refractivity contribution is -0.319. The molecule has 0 unspecified atom stereocenters. The van der Waals surface area contributed by atoms with Gasteiger partial charge in [0.1, 0.15) is 23.6 Å².